The van der Waals surface area contributed by atoms with E-state index in [1.54, 1.807) is 6.07 Å². The minimum atomic E-state index is -0.515. The lowest BCUT2D eigenvalue weighted by Gasteiger charge is -2.02. The Morgan fingerprint density at radius 2 is 2.27 bits per heavy atom. The third-order valence-electron chi connectivity index (χ3n) is 1.11. The minimum Gasteiger partial charge on any atom is -0.465 e. The van der Waals surface area contributed by atoms with Crippen LogP contribution in [-0.4, -0.2) is 11.9 Å². The van der Waals surface area contributed by atoms with Crippen molar-refractivity contribution in [1.82, 2.24) is 0 Å². The van der Waals surface area contributed by atoms with E-state index < -0.39 is 12.6 Å². The smallest absolute Gasteiger partial charge is 0.186 e. The summed E-state index contributed by atoms with van der Waals surface area (Å²) in [6.45, 7) is -0.515. The van der Waals surface area contributed by atoms with Gasteiger partial charge >= 0.3 is 0 Å². The van der Waals surface area contributed by atoms with E-state index in [2.05, 4.69) is 20.7 Å². The van der Waals surface area contributed by atoms with Crippen molar-refractivity contribution in [1.29, 1.82) is 0 Å². The van der Waals surface area contributed by atoms with E-state index in [-0.39, 0.29) is 5.75 Å². The van der Waals surface area contributed by atoms with Gasteiger partial charge in [-0.3, -0.25) is 0 Å². The van der Waals surface area contributed by atoms with Crippen molar-refractivity contribution in [2.75, 3.05) is 6.79 Å². The van der Waals surface area contributed by atoms with E-state index in [1.807, 2.05) is 0 Å². The molecule has 4 heteroatoms. The van der Waals surface area contributed by atoms with Crippen molar-refractivity contribution in [2.24, 2.45) is 0 Å². The lowest BCUT2D eigenvalue weighted by atomic mass is 10.3. The predicted octanol–water partition coefficient (Wildman–Crippen LogP) is 1.92. The molecule has 0 unspecified atom stereocenters. The van der Waals surface area contributed by atoms with Crippen LogP contribution in [0.25, 0.3) is 0 Å². The average molecular weight is 221 g/mol. The number of halogens is 2. The Kier molecular flexibility index (Phi) is 2.84. The molecule has 0 aliphatic carbocycles. The van der Waals surface area contributed by atoms with Gasteiger partial charge in [-0.25, -0.2) is 4.39 Å². The summed E-state index contributed by atoms with van der Waals surface area (Å²) >= 11 is 3.09. The lowest BCUT2D eigenvalue weighted by molar-refractivity contribution is 0.0944. The molecule has 2 nitrogen and oxygen atoms in total. The Hall–Kier alpha value is -0.610. The SMILES string of the molecule is OCOc1ccc(Br)cc1F. The summed E-state index contributed by atoms with van der Waals surface area (Å²) in [5.41, 5.74) is 0. The van der Waals surface area contributed by atoms with Crippen LogP contribution in [-0.2, 0) is 0 Å². The summed E-state index contributed by atoms with van der Waals surface area (Å²) in [7, 11) is 0. The van der Waals surface area contributed by atoms with E-state index >= 15 is 0 Å². The zero-order valence-corrected chi connectivity index (χ0v) is 7.14. The number of benzene rings is 1. The van der Waals surface area contributed by atoms with E-state index in [0.717, 1.165) is 0 Å². The van der Waals surface area contributed by atoms with Gasteiger partial charge in [0, 0.05) is 4.47 Å². The zero-order valence-electron chi connectivity index (χ0n) is 5.55. The van der Waals surface area contributed by atoms with E-state index in [1.165, 1.54) is 12.1 Å². The minimum absolute atomic E-state index is 0.0516. The first-order chi connectivity index (χ1) is 5.24. The fourth-order valence-electron chi connectivity index (χ4n) is 0.662. The summed E-state index contributed by atoms with van der Waals surface area (Å²) in [6, 6.07) is 4.34. The normalized spacial score (nSPS) is 9.73. The van der Waals surface area contributed by atoms with Crippen molar-refractivity contribution in [2.45, 2.75) is 0 Å². The van der Waals surface area contributed by atoms with Gasteiger partial charge in [0.2, 0.25) is 0 Å². The highest BCUT2D eigenvalue weighted by Gasteiger charge is 2.01. The van der Waals surface area contributed by atoms with E-state index in [0.29, 0.717) is 4.47 Å². The first-order valence-electron chi connectivity index (χ1n) is 2.93. The number of ether oxygens (including phenoxy) is 1. The van der Waals surface area contributed by atoms with Crippen LogP contribution in [0.2, 0.25) is 0 Å². The lowest BCUT2D eigenvalue weighted by Crippen LogP contribution is -1.96. The molecular weight excluding hydrogens is 215 g/mol. The van der Waals surface area contributed by atoms with Crippen molar-refractivity contribution in [3.63, 3.8) is 0 Å². The Morgan fingerprint density at radius 1 is 1.55 bits per heavy atom. The predicted molar refractivity (Wildman–Crippen MR) is 41.8 cm³/mol. The van der Waals surface area contributed by atoms with Gasteiger partial charge in [-0.15, -0.1) is 0 Å². The van der Waals surface area contributed by atoms with Crippen LogP contribution in [0.15, 0.2) is 22.7 Å². The molecule has 11 heavy (non-hydrogen) atoms. The first-order valence-corrected chi connectivity index (χ1v) is 3.72. The van der Waals surface area contributed by atoms with Crippen LogP contribution < -0.4 is 4.74 Å². The zero-order chi connectivity index (χ0) is 8.27. The molecule has 0 saturated carbocycles. The highest BCUT2D eigenvalue weighted by atomic mass is 79.9. The topological polar surface area (TPSA) is 29.5 Å². The molecule has 0 atom stereocenters. The maximum atomic E-state index is 12.8. The highest BCUT2D eigenvalue weighted by molar-refractivity contribution is 9.10. The van der Waals surface area contributed by atoms with E-state index in [9.17, 15) is 4.39 Å². The van der Waals surface area contributed by atoms with Crippen LogP contribution >= 0.6 is 15.9 Å². The quantitative estimate of drug-likeness (QED) is 0.773. The third kappa shape index (κ3) is 2.17. The van der Waals surface area contributed by atoms with Crippen molar-refractivity contribution in [3.8, 4) is 5.75 Å². The molecule has 0 spiro atoms. The molecule has 0 bridgehead atoms. The molecule has 0 radical (unpaired) electrons. The summed E-state index contributed by atoms with van der Waals surface area (Å²) in [5.74, 6) is -0.441. The third-order valence-corrected chi connectivity index (χ3v) is 1.61. The molecule has 1 N–H and O–H groups in total. The second-order valence-corrected chi connectivity index (χ2v) is 2.76. The number of hydrogen-bond donors (Lipinski definition) is 1. The Morgan fingerprint density at radius 3 is 2.82 bits per heavy atom. The van der Waals surface area contributed by atoms with Gasteiger partial charge in [-0.1, -0.05) is 15.9 Å². The van der Waals surface area contributed by atoms with Crippen LogP contribution in [0.4, 0.5) is 4.39 Å². The average Bonchev–Trinajstić information content (AvgIpc) is 1.95. The van der Waals surface area contributed by atoms with Crippen LogP contribution in [0.1, 0.15) is 0 Å². The Labute approximate surface area is 71.7 Å². The fraction of sp³-hybridized carbons (Fsp3) is 0.143. The van der Waals surface area contributed by atoms with Crippen LogP contribution in [0.5, 0.6) is 5.75 Å². The molecule has 0 amide bonds. The van der Waals surface area contributed by atoms with Crippen molar-refractivity contribution < 1.29 is 14.2 Å². The molecule has 1 aromatic carbocycles. The second-order valence-electron chi connectivity index (χ2n) is 1.85. The summed E-state index contributed by atoms with van der Waals surface area (Å²) in [5, 5.41) is 8.31. The van der Waals surface area contributed by atoms with Gasteiger partial charge in [-0.05, 0) is 18.2 Å². The number of aliphatic hydroxyl groups is 1. The van der Waals surface area contributed by atoms with Crippen LogP contribution in [0.3, 0.4) is 0 Å². The second kappa shape index (κ2) is 3.69. The summed E-state index contributed by atoms with van der Waals surface area (Å²) in [4.78, 5) is 0. The number of rotatable bonds is 2. The van der Waals surface area contributed by atoms with Crippen molar-refractivity contribution in [3.05, 3.63) is 28.5 Å². The molecule has 60 valence electrons. The first kappa shape index (κ1) is 8.49. The summed E-state index contributed by atoms with van der Waals surface area (Å²) in [6.07, 6.45) is 0. The maximum absolute atomic E-state index is 12.8. The molecule has 0 aliphatic heterocycles. The van der Waals surface area contributed by atoms with Crippen LogP contribution in [0, 0.1) is 5.82 Å². The van der Waals surface area contributed by atoms with Gasteiger partial charge in [0.15, 0.2) is 18.4 Å². The molecular formula is C7H6BrFO2. The van der Waals surface area contributed by atoms with E-state index in [4.69, 9.17) is 5.11 Å². The van der Waals surface area contributed by atoms with Gasteiger partial charge in [0.1, 0.15) is 0 Å². The van der Waals surface area contributed by atoms with Gasteiger partial charge < -0.3 is 9.84 Å². The highest BCUT2D eigenvalue weighted by Crippen LogP contribution is 2.20. The molecule has 1 aromatic rings. The molecule has 0 aliphatic rings. The summed E-state index contributed by atoms with van der Waals surface area (Å²) < 4.78 is 18.0. The molecule has 0 saturated heterocycles. The van der Waals surface area contributed by atoms with Gasteiger partial charge in [0.25, 0.3) is 0 Å². The molecule has 0 fully saturated rings. The van der Waals surface area contributed by atoms with Gasteiger partial charge in [-0.2, -0.15) is 0 Å². The molecule has 0 heterocycles. The van der Waals surface area contributed by atoms with Gasteiger partial charge in [0.05, 0.1) is 0 Å². The van der Waals surface area contributed by atoms with Crippen molar-refractivity contribution >= 4 is 15.9 Å². The Balaban J connectivity index is 2.90. The maximum Gasteiger partial charge on any atom is 0.186 e. The Bertz CT molecular complexity index is 252. The molecule has 1 rings (SSSR count). The largest absolute Gasteiger partial charge is 0.465 e. The standard InChI is InChI=1S/C7H6BrFO2/c8-5-1-2-7(11-4-10)6(9)3-5/h1-3,10H,4H2. The monoisotopic (exact) mass is 220 g/mol. The number of aliphatic hydroxyl groups excluding tert-OH is 1. The molecule has 0 aromatic heterocycles. The number of hydrogen-bond acceptors (Lipinski definition) is 2. The fourth-order valence-corrected chi connectivity index (χ4v) is 0.995.